The minimum Gasteiger partial charge on any atom is -0.711 e. The van der Waals surface area contributed by atoms with Gasteiger partial charge in [0.15, 0.2) is 11.5 Å². The SMILES string of the molecule is CCOc1cc(C(CC(=O)O)c2n(C3CCCC3)c(C)c(C)[n+]2[O-])ccc1OC. The number of ether oxygens (including phenoxy) is 2. The lowest BCUT2D eigenvalue weighted by Crippen LogP contribution is -2.36. The lowest BCUT2D eigenvalue weighted by atomic mass is 9.93. The number of hydrogen-bond acceptors (Lipinski definition) is 4. The fourth-order valence-electron chi connectivity index (χ4n) is 4.41. The molecule has 0 spiro atoms. The third-order valence-electron chi connectivity index (χ3n) is 5.91. The summed E-state index contributed by atoms with van der Waals surface area (Å²) in [5, 5.41) is 22.8. The second-order valence-electron chi connectivity index (χ2n) is 7.63. The van der Waals surface area contributed by atoms with Crippen molar-refractivity contribution in [1.29, 1.82) is 0 Å². The molecule has 1 fully saturated rings. The van der Waals surface area contributed by atoms with Crippen molar-refractivity contribution in [3.05, 3.63) is 46.2 Å². The first kappa shape index (κ1) is 21.0. The van der Waals surface area contributed by atoms with Crippen LogP contribution in [0, 0.1) is 19.1 Å². The molecule has 0 radical (unpaired) electrons. The van der Waals surface area contributed by atoms with Crippen molar-refractivity contribution in [2.24, 2.45) is 0 Å². The van der Waals surface area contributed by atoms with Gasteiger partial charge in [0.05, 0.1) is 26.1 Å². The lowest BCUT2D eigenvalue weighted by molar-refractivity contribution is -0.621. The van der Waals surface area contributed by atoms with E-state index in [1.165, 1.54) is 0 Å². The summed E-state index contributed by atoms with van der Waals surface area (Å²) >= 11 is 0. The Kier molecular flexibility index (Phi) is 6.35. The van der Waals surface area contributed by atoms with E-state index >= 15 is 0 Å². The minimum absolute atomic E-state index is 0.171. The van der Waals surface area contributed by atoms with E-state index in [1.54, 1.807) is 26.2 Å². The topological polar surface area (TPSA) is 87.6 Å². The van der Waals surface area contributed by atoms with E-state index in [-0.39, 0.29) is 12.5 Å². The van der Waals surface area contributed by atoms with Crippen LogP contribution in [-0.2, 0) is 4.79 Å². The quantitative estimate of drug-likeness (QED) is 0.535. The molecule has 2 aromatic rings. The largest absolute Gasteiger partial charge is 0.711 e. The molecule has 1 aliphatic rings. The second-order valence-corrected chi connectivity index (χ2v) is 7.63. The number of rotatable bonds is 8. The minimum atomic E-state index is -0.946. The van der Waals surface area contributed by atoms with Gasteiger partial charge in [0.2, 0.25) is 0 Å². The molecular formula is C22H30N2O5. The number of carboxylic acids is 1. The summed E-state index contributed by atoms with van der Waals surface area (Å²) in [5.41, 5.74) is 2.27. The van der Waals surface area contributed by atoms with Crippen LogP contribution in [0.4, 0.5) is 0 Å². The summed E-state index contributed by atoms with van der Waals surface area (Å²) in [7, 11) is 1.57. The van der Waals surface area contributed by atoms with Crippen LogP contribution in [0.1, 0.15) is 73.8 Å². The highest BCUT2D eigenvalue weighted by atomic mass is 16.5. The molecule has 1 N–H and O–H groups in total. The maximum Gasteiger partial charge on any atom is 0.304 e. The van der Waals surface area contributed by atoms with Crippen LogP contribution < -0.4 is 14.2 Å². The lowest BCUT2D eigenvalue weighted by Gasteiger charge is -2.20. The van der Waals surface area contributed by atoms with E-state index < -0.39 is 11.9 Å². The molecule has 1 saturated carbocycles. The number of aliphatic carboxylic acids is 1. The summed E-state index contributed by atoms with van der Waals surface area (Å²) in [6, 6.07) is 5.63. The first-order chi connectivity index (χ1) is 13.9. The van der Waals surface area contributed by atoms with Crippen molar-refractivity contribution in [3.63, 3.8) is 0 Å². The first-order valence-corrected chi connectivity index (χ1v) is 10.2. The zero-order chi connectivity index (χ0) is 21.1. The zero-order valence-corrected chi connectivity index (χ0v) is 17.6. The molecule has 1 heterocycles. The zero-order valence-electron chi connectivity index (χ0n) is 17.6. The predicted molar refractivity (Wildman–Crippen MR) is 109 cm³/mol. The molecule has 158 valence electrons. The van der Waals surface area contributed by atoms with E-state index in [0.717, 1.165) is 41.7 Å². The Morgan fingerprint density at radius 2 is 2.00 bits per heavy atom. The summed E-state index contributed by atoms with van der Waals surface area (Å²) < 4.78 is 14.1. The normalized spacial score (nSPS) is 15.4. The van der Waals surface area contributed by atoms with E-state index in [1.807, 2.05) is 19.9 Å². The van der Waals surface area contributed by atoms with Gasteiger partial charge in [0.25, 0.3) is 5.82 Å². The molecular weight excluding hydrogens is 372 g/mol. The second kappa shape index (κ2) is 8.76. The van der Waals surface area contributed by atoms with Gasteiger partial charge in [0.1, 0.15) is 17.4 Å². The third-order valence-corrected chi connectivity index (χ3v) is 5.91. The van der Waals surface area contributed by atoms with Gasteiger partial charge in [-0.05, 0) is 50.3 Å². The molecule has 0 aliphatic heterocycles. The van der Waals surface area contributed by atoms with Gasteiger partial charge in [-0.3, -0.25) is 4.79 Å². The van der Waals surface area contributed by atoms with Gasteiger partial charge in [-0.2, -0.15) is 0 Å². The van der Waals surface area contributed by atoms with Crippen LogP contribution in [0.3, 0.4) is 0 Å². The van der Waals surface area contributed by atoms with Gasteiger partial charge >= 0.3 is 5.97 Å². The predicted octanol–water partition coefficient (Wildman–Crippen LogP) is 3.87. The van der Waals surface area contributed by atoms with Crippen LogP contribution in [-0.4, -0.2) is 29.4 Å². The molecule has 1 unspecified atom stereocenters. The first-order valence-electron chi connectivity index (χ1n) is 10.2. The molecule has 1 aromatic carbocycles. The highest BCUT2D eigenvalue weighted by Crippen LogP contribution is 2.38. The Morgan fingerprint density at radius 1 is 1.31 bits per heavy atom. The fraction of sp³-hybridized carbons (Fsp3) is 0.545. The molecule has 3 rings (SSSR count). The van der Waals surface area contributed by atoms with Gasteiger partial charge in [-0.15, -0.1) is 0 Å². The molecule has 29 heavy (non-hydrogen) atoms. The summed E-state index contributed by atoms with van der Waals surface area (Å²) in [4.78, 5) is 11.7. The Hall–Kier alpha value is -2.70. The standard InChI is InChI=1S/C22H30N2O5/c1-5-29-20-12-16(10-11-19(20)28-4)18(13-21(25)26)22-23(17-8-6-7-9-17)14(2)15(3)24(22)27/h10-12,17-18H,5-9,13H2,1-4H3,(H,25,26). The Morgan fingerprint density at radius 3 is 2.59 bits per heavy atom. The number of nitrogens with zero attached hydrogens (tertiary/aromatic N) is 2. The van der Waals surface area contributed by atoms with Crippen molar-refractivity contribution < 1.29 is 24.1 Å². The average Bonchev–Trinajstić information content (AvgIpc) is 3.29. The molecule has 1 atom stereocenters. The van der Waals surface area contributed by atoms with E-state index in [0.29, 0.717) is 29.6 Å². The highest BCUT2D eigenvalue weighted by molar-refractivity contribution is 5.69. The van der Waals surface area contributed by atoms with Gasteiger partial charge < -0.3 is 19.8 Å². The summed E-state index contributed by atoms with van der Waals surface area (Å²) in [5.74, 6) is 0.106. The van der Waals surface area contributed by atoms with Crippen LogP contribution in [0.2, 0.25) is 0 Å². The molecule has 0 saturated heterocycles. The van der Waals surface area contributed by atoms with Crippen molar-refractivity contribution in [2.75, 3.05) is 13.7 Å². The van der Waals surface area contributed by atoms with Crippen LogP contribution in [0.25, 0.3) is 0 Å². The maximum absolute atomic E-state index is 13.1. The number of methoxy groups -OCH3 is 1. The van der Waals surface area contributed by atoms with E-state index in [2.05, 4.69) is 4.57 Å². The van der Waals surface area contributed by atoms with Crippen LogP contribution >= 0.6 is 0 Å². The number of imidazole rings is 1. The fourth-order valence-corrected chi connectivity index (χ4v) is 4.41. The van der Waals surface area contributed by atoms with Gasteiger partial charge in [0, 0.05) is 13.8 Å². The number of aromatic nitrogens is 2. The van der Waals surface area contributed by atoms with Crippen LogP contribution in [0.15, 0.2) is 18.2 Å². The maximum atomic E-state index is 13.1. The third kappa shape index (κ3) is 4.04. The molecule has 0 bridgehead atoms. The smallest absolute Gasteiger partial charge is 0.304 e. The Balaban J connectivity index is 2.17. The number of hydrogen-bond donors (Lipinski definition) is 1. The number of carbonyl (C=O) groups is 1. The molecule has 1 aromatic heterocycles. The molecule has 7 nitrogen and oxygen atoms in total. The van der Waals surface area contributed by atoms with E-state index in [9.17, 15) is 15.1 Å². The van der Waals surface area contributed by atoms with Crippen molar-refractivity contribution in [3.8, 4) is 11.5 Å². The van der Waals surface area contributed by atoms with Crippen molar-refractivity contribution in [2.45, 2.75) is 64.8 Å². The molecule has 7 heteroatoms. The van der Waals surface area contributed by atoms with Crippen molar-refractivity contribution >= 4 is 5.97 Å². The monoisotopic (exact) mass is 402 g/mol. The number of benzene rings is 1. The Bertz CT molecular complexity index is 884. The van der Waals surface area contributed by atoms with Crippen molar-refractivity contribution in [1.82, 2.24) is 4.57 Å². The van der Waals surface area contributed by atoms with Gasteiger partial charge in [-0.25, -0.2) is 9.30 Å². The summed E-state index contributed by atoms with van der Waals surface area (Å²) in [6.45, 7) is 6.09. The molecule has 0 amide bonds. The van der Waals surface area contributed by atoms with E-state index in [4.69, 9.17) is 9.47 Å². The number of carboxylic acid groups (broad SMARTS) is 1. The Labute approximate surface area is 171 Å². The molecule has 1 aliphatic carbocycles. The van der Waals surface area contributed by atoms with Crippen LogP contribution in [0.5, 0.6) is 11.5 Å². The highest BCUT2D eigenvalue weighted by Gasteiger charge is 2.37. The van der Waals surface area contributed by atoms with Gasteiger partial charge in [-0.1, -0.05) is 6.07 Å². The summed E-state index contributed by atoms with van der Waals surface area (Å²) in [6.07, 6.45) is 4.10. The average molecular weight is 402 g/mol.